The number of nitrogens with zero attached hydrogens (tertiary/aromatic N) is 1. The molecule has 4 nitrogen and oxygen atoms in total. The van der Waals surface area contributed by atoms with Crippen LogP contribution in [-0.4, -0.2) is 25.7 Å². The molecule has 0 amide bonds. The molecule has 1 unspecified atom stereocenters. The molecule has 8 heteroatoms. The van der Waals surface area contributed by atoms with Crippen LogP contribution in [0.4, 0.5) is 18.9 Å². The van der Waals surface area contributed by atoms with Gasteiger partial charge in [0.2, 0.25) is 0 Å². The van der Waals surface area contributed by atoms with E-state index in [2.05, 4.69) is 16.0 Å². The second-order valence-corrected chi connectivity index (χ2v) is 5.70. The molecule has 1 aromatic rings. The van der Waals surface area contributed by atoms with Crippen LogP contribution in [0.3, 0.4) is 0 Å². The zero-order chi connectivity index (χ0) is 16.4. The average Bonchev–Trinajstić information content (AvgIpc) is 2.77. The maximum absolute atomic E-state index is 12.4. The molecule has 1 aliphatic heterocycles. The first-order valence-corrected chi connectivity index (χ1v) is 6.86. The van der Waals surface area contributed by atoms with Crippen molar-refractivity contribution in [2.24, 2.45) is 0 Å². The molecule has 0 bridgehead atoms. The number of nitriles is 1. The van der Waals surface area contributed by atoms with Crippen LogP contribution in [0.5, 0.6) is 11.5 Å². The van der Waals surface area contributed by atoms with Crippen LogP contribution in [0.1, 0.15) is 13.3 Å². The second kappa shape index (κ2) is 5.99. The maximum Gasteiger partial charge on any atom is 0.573 e. The average molecular weight is 312 g/mol. The van der Waals surface area contributed by atoms with E-state index < -0.39 is 6.36 Å². The van der Waals surface area contributed by atoms with Crippen molar-refractivity contribution in [3.8, 4) is 17.5 Å². The van der Waals surface area contributed by atoms with Crippen molar-refractivity contribution < 1.29 is 22.6 Å². The SMILES string of the molecule is COc1cc(NC2(C)CCB(C#N)C2)cc(OC(F)(F)F)c1. The predicted octanol–water partition coefficient (Wildman–Crippen LogP) is 3.73. The molecule has 1 aliphatic rings. The third-order valence-corrected chi connectivity index (χ3v) is 3.72. The van der Waals surface area contributed by atoms with Gasteiger partial charge in [-0.25, -0.2) is 5.26 Å². The number of hydrogen-bond donors (Lipinski definition) is 1. The third kappa shape index (κ3) is 4.23. The highest BCUT2D eigenvalue weighted by molar-refractivity contribution is 6.68. The standard InChI is InChI=1S/C14H16BF3N2O2/c1-13(3-4-15(8-13)9-19)20-10-5-11(21-2)7-12(6-10)22-14(16,17)18/h5-7,20H,3-4,8H2,1-2H3. The fourth-order valence-electron chi connectivity index (χ4n) is 2.77. The molecule has 118 valence electrons. The van der Waals surface area contributed by atoms with Crippen LogP contribution in [-0.2, 0) is 0 Å². The van der Waals surface area contributed by atoms with Crippen LogP contribution in [0, 0.1) is 11.2 Å². The van der Waals surface area contributed by atoms with Gasteiger partial charge < -0.3 is 14.8 Å². The first-order valence-electron chi connectivity index (χ1n) is 6.86. The summed E-state index contributed by atoms with van der Waals surface area (Å²) < 4.78 is 46.1. The minimum absolute atomic E-state index is 0.0333. The minimum atomic E-state index is -4.76. The second-order valence-electron chi connectivity index (χ2n) is 5.70. The number of halogens is 3. The molecule has 1 heterocycles. The molecule has 0 radical (unpaired) electrons. The molecule has 0 saturated carbocycles. The summed E-state index contributed by atoms with van der Waals surface area (Å²) in [7, 11) is 1.37. The van der Waals surface area contributed by atoms with E-state index in [0.29, 0.717) is 12.0 Å². The Balaban J connectivity index is 2.20. The summed E-state index contributed by atoms with van der Waals surface area (Å²) >= 11 is 0. The summed E-state index contributed by atoms with van der Waals surface area (Å²) in [5.41, 5.74) is 0.141. The Morgan fingerprint density at radius 3 is 2.55 bits per heavy atom. The Kier molecular flexibility index (Phi) is 4.45. The molecule has 0 aliphatic carbocycles. The topological polar surface area (TPSA) is 54.3 Å². The van der Waals surface area contributed by atoms with Crippen LogP contribution < -0.4 is 14.8 Å². The van der Waals surface area contributed by atoms with Gasteiger partial charge in [0, 0.05) is 35.4 Å². The zero-order valence-corrected chi connectivity index (χ0v) is 12.3. The molecule has 1 saturated heterocycles. The largest absolute Gasteiger partial charge is 0.573 e. The third-order valence-electron chi connectivity index (χ3n) is 3.72. The van der Waals surface area contributed by atoms with Crippen molar-refractivity contribution in [1.29, 1.82) is 5.26 Å². The van der Waals surface area contributed by atoms with E-state index >= 15 is 0 Å². The summed E-state index contributed by atoms with van der Waals surface area (Å²) in [5.74, 6) is 2.16. The highest BCUT2D eigenvalue weighted by Gasteiger charge is 2.38. The van der Waals surface area contributed by atoms with E-state index in [9.17, 15) is 13.2 Å². The van der Waals surface area contributed by atoms with Gasteiger partial charge in [-0.15, -0.1) is 13.2 Å². The lowest BCUT2D eigenvalue weighted by molar-refractivity contribution is -0.274. The fourth-order valence-corrected chi connectivity index (χ4v) is 2.77. The lowest BCUT2D eigenvalue weighted by Gasteiger charge is -2.27. The Hall–Kier alpha value is -2.04. The quantitative estimate of drug-likeness (QED) is 0.861. The number of hydrogen-bond acceptors (Lipinski definition) is 4. The lowest BCUT2D eigenvalue weighted by atomic mass is 9.49. The van der Waals surface area contributed by atoms with Crippen molar-refractivity contribution in [3.63, 3.8) is 0 Å². The number of benzene rings is 1. The summed E-state index contributed by atoms with van der Waals surface area (Å²) in [4.78, 5) is 0. The molecule has 22 heavy (non-hydrogen) atoms. The van der Waals surface area contributed by atoms with Crippen molar-refractivity contribution in [3.05, 3.63) is 18.2 Å². The molecule has 1 atom stereocenters. The van der Waals surface area contributed by atoms with Gasteiger partial charge in [-0.3, -0.25) is 0 Å². The fraction of sp³-hybridized carbons (Fsp3) is 0.500. The Labute approximate surface area is 127 Å². The summed E-state index contributed by atoms with van der Waals surface area (Å²) in [6.45, 7) is 1.92. The van der Waals surface area contributed by atoms with Gasteiger partial charge in [-0.2, -0.15) is 0 Å². The van der Waals surface area contributed by atoms with Gasteiger partial charge >= 0.3 is 6.36 Å². The van der Waals surface area contributed by atoms with Crippen molar-refractivity contribution in [2.45, 2.75) is 37.9 Å². The number of alkyl halides is 3. The molecule has 1 N–H and O–H groups in total. The van der Waals surface area contributed by atoms with E-state index in [4.69, 9.17) is 10.00 Å². The normalized spacial score (nSPS) is 21.4. The van der Waals surface area contributed by atoms with E-state index in [0.717, 1.165) is 12.7 Å². The highest BCUT2D eigenvalue weighted by Crippen LogP contribution is 2.36. The summed E-state index contributed by atoms with van der Waals surface area (Å²) in [6, 6.07) is 4.06. The predicted molar refractivity (Wildman–Crippen MR) is 77.3 cm³/mol. The number of methoxy groups -OCH3 is 1. The van der Waals surface area contributed by atoms with Crippen LogP contribution in [0.15, 0.2) is 18.2 Å². The monoisotopic (exact) mass is 312 g/mol. The van der Waals surface area contributed by atoms with E-state index in [1.54, 1.807) is 6.07 Å². The van der Waals surface area contributed by atoms with E-state index in [1.807, 2.05) is 6.92 Å². The van der Waals surface area contributed by atoms with Gasteiger partial charge in [0.25, 0.3) is 6.71 Å². The molecular weight excluding hydrogens is 296 g/mol. The van der Waals surface area contributed by atoms with Crippen molar-refractivity contribution in [2.75, 3.05) is 12.4 Å². The number of nitrogens with one attached hydrogen (secondary N) is 1. The zero-order valence-electron chi connectivity index (χ0n) is 12.3. The number of ether oxygens (including phenoxy) is 2. The Morgan fingerprint density at radius 2 is 2.00 bits per heavy atom. The van der Waals surface area contributed by atoms with Gasteiger partial charge in [-0.05, 0) is 19.7 Å². The van der Waals surface area contributed by atoms with E-state index in [1.165, 1.54) is 19.2 Å². The van der Waals surface area contributed by atoms with Crippen LogP contribution >= 0.6 is 0 Å². The summed E-state index contributed by atoms with van der Waals surface area (Å²) in [5, 5.41) is 12.2. The first-order chi connectivity index (χ1) is 10.2. The lowest BCUT2D eigenvalue weighted by Crippen LogP contribution is -2.31. The van der Waals surface area contributed by atoms with Crippen LogP contribution in [0.25, 0.3) is 0 Å². The Bertz CT molecular complexity index is 588. The number of anilines is 1. The minimum Gasteiger partial charge on any atom is -0.497 e. The Morgan fingerprint density at radius 1 is 1.32 bits per heavy atom. The van der Waals surface area contributed by atoms with Gasteiger partial charge in [0.1, 0.15) is 11.5 Å². The summed E-state index contributed by atoms with van der Waals surface area (Å²) in [6.07, 6.45) is -2.56. The van der Waals surface area contributed by atoms with Gasteiger partial charge in [0.15, 0.2) is 0 Å². The van der Waals surface area contributed by atoms with Crippen molar-refractivity contribution >= 4 is 12.4 Å². The highest BCUT2D eigenvalue weighted by atomic mass is 19.4. The molecule has 1 fully saturated rings. The van der Waals surface area contributed by atoms with Crippen molar-refractivity contribution in [1.82, 2.24) is 0 Å². The smallest absolute Gasteiger partial charge is 0.497 e. The molecule has 0 spiro atoms. The molecule has 2 rings (SSSR count). The molecule has 1 aromatic carbocycles. The number of rotatable bonds is 4. The molecular formula is C14H16BF3N2O2. The molecule has 0 aromatic heterocycles. The first kappa shape index (κ1) is 16.3. The van der Waals surface area contributed by atoms with Gasteiger partial charge in [0.05, 0.1) is 7.11 Å². The van der Waals surface area contributed by atoms with E-state index in [-0.39, 0.29) is 23.8 Å². The maximum atomic E-state index is 12.4. The van der Waals surface area contributed by atoms with Gasteiger partial charge in [-0.1, -0.05) is 6.32 Å². The van der Waals surface area contributed by atoms with Crippen LogP contribution in [0.2, 0.25) is 12.6 Å².